The van der Waals surface area contributed by atoms with E-state index >= 15 is 0 Å². The molecule has 0 saturated carbocycles. The van der Waals surface area contributed by atoms with Gasteiger partial charge >= 0.3 is 0 Å². The lowest BCUT2D eigenvalue weighted by molar-refractivity contribution is -0.120. The van der Waals surface area contributed by atoms with Crippen LogP contribution in [0.15, 0.2) is 24.3 Å². The maximum absolute atomic E-state index is 11.9. The number of benzene rings is 1. The van der Waals surface area contributed by atoms with Crippen LogP contribution in [0.1, 0.15) is 17.5 Å². The molecule has 118 valence electrons. The molecule has 0 radical (unpaired) electrons. The molecule has 1 aliphatic heterocycles. The van der Waals surface area contributed by atoms with Gasteiger partial charge in [-0.2, -0.15) is 0 Å². The standard InChI is InChI=1S/C16H25N3O.ClH/c1-14-5-2-3-6-15(14)13-16(20)18-7-4-10-19-11-8-17-9-12-19;/h2-3,5-6,17H,4,7-13H2,1H3,(H,18,20);1H. The highest BCUT2D eigenvalue weighted by Gasteiger charge is 2.09. The number of nitrogens with zero attached hydrogens (tertiary/aromatic N) is 1. The molecule has 5 heteroatoms. The number of hydrogen-bond donors (Lipinski definition) is 2. The summed E-state index contributed by atoms with van der Waals surface area (Å²) in [5.74, 6) is 0.125. The zero-order valence-corrected chi connectivity index (χ0v) is 13.5. The normalized spacial score (nSPS) is 15.3. The van der Waals surface area contributed by atoms with E-state index in [2.05, 4.69) is 15.5 Å². The Balaban J connectivity index is 0.00000220. The van der Waals surface area contributed by atoms with Crippen LogP contribution >= 0.6 is 12.4 Å². The molecule has 1 heterocycles. The van der Waals surface area contributed by atoms with Crippen LogP contribution in [0, 0.1) is 6.92 Å². The minimum Gasteiger partial charge on any atom is -0.356 e. The first kappa shape index (κ1) is 18.0. The van der Waals surface area contributed by atoms with Crippen molar-refractivity contribution in [3.8, 4) is 0 Å². The average Bonchev–Trinajstić information content (AvgIpc) is 2.47. The molecule has 21 heavy (non-hydrogen) atoms. The van der Waals surface area contributed by atoms with Crippen molar-refractivity contribution in [3.63, 3.8) is 0 Å². The van der Waals surface area contributed by atoms with Crippen LogP contribution in [0.25, 0.3) is 0 Å². The SMILES string of the molecule is Cc1ccccc1CC(=O)NCCCN1CCNCC1.Cl. The molecule has 4 nitrogen and oxygen atoms in total. The summed E-state index contributed by atoms with van der Waals surface area (Å²) in [5.41, 5.74) is 2.30. The van der Waals surface area contributed by atoms with Gasteiger partial charge in [0.15, 0.2) is 0 Å². The van der Waals surface area contributed by atoms with Gasteiger partial charge in [-0.05, 0) is 31.0 Å². The van der Waals surface area contributed by atoms with Gasteiger partial charge in [-0.3, -0.25) is 4.79 Å². The highest BCUT2D eigenvalue weighted by molar-refractivity contribution is 5.85. The highest BCUT2D eigenvalue weighted by Crippen LogP contribution is 2.07. The molecule has 2 rings (SSSR count). The van der Waals surface area contributed by atoms with E-state index in [0.29, 0.717) is 6.42 Å². The molecule has 0 aromatic heterocycles. The summed E-state index contributed by atoms with van der Waals surface area (Å²) in [6, 6.07) is 8.06. The van der Waals surface area contributed by atoms with Gasteiger partial charge in [0.05, 0.1) is 6.42 Å². The van der Waals surface area contributed by atoms with Crippen molar-refractivity contribution in [1.82, 2.24) is 15.5 Å². The molecule has 1 aliphatic rings. The zero-order chi connectivity index (χ0) is 14.2. The predicted octanol–water partition coefficient (Wildman–Crippen LogP) is 1.37. The fourth-order valence-corrected chi connectivity index (χ4v) is 2.51. The van der Waals surface area contributed by atoms with Crippen LogP contribution in [0.4, 0.5) is 0 Å². The summed E-state index contributed by atoms with van der Waals surface area (Å²) in [5, 5.41) is 6.36. The molecule has 0 bridgehead atoms. The summed E-state index contributed by atoms with van der Waals surface area (Å²) >= 11 is 0. The van der Waals surface area contributed by atoms with Crippen LogP contribution in [0.2, 0.25) is 0 Å². The zero-order valence-electron chi connectivity index (χ0n) is 12.7. The first-order chi connectivity index (χ1) is 9.75. The van der Waals surface area contributed by atoms with Crippen LogP contribution in [-0.2, 0) is 11.2 Å². The van der Waals surface area contributed by atoms with Crippen molar-refractivity contribution < 1.29 is 4.79 Å². The van der Waals surface area contributed by atoms with Crippen molar-refractivity contribution in [2.45, 2.75) is 19.8 Å². The van der Waals surface area contributed by atoms with E-state index in [1.165, 1.54) is 5.56 Å². The average molecular weight is 312 g/mol. The Labute approximate surface area is 133 Å². The predicted molar refractivity (Wildman–Crippen MR) is 89.1 cm³/mol. The molecule has 0 spiro atoms. The van der Waals surface area contributed by atoms with E-state index in [1.807, 2.05) is 31.2 Å². The monoisotopic (exact) mass is 311 g/mol. The minimum absolute atomic E-state index is 0. The van der Waals surface area contributed by atoms with Crippen LogP contribution in [0.5, 0.6) is 0 Å². The van der Waals surface area contributed by atoms with Gasteiger partial charge in [-0.1, -0.05) is 24.3 Å². The van der Waals surface area contributed by atoms with E-state index in [4.69, 9.17) is 0 Å². The molecule has 1 aromatic rings. The fourth-order valence-electron chi connectivity index (χ4n) is 2.51. The molecule has 1 fully saturated rings. The van der Waals surface area contributed by atoms with Crippen molar-refractivity contribution in [2.75, 3.05) is 39.3 Å². The smallest absolute Gasteiger partial charge is 0.224 e. The summed E-state index contributed by atoms with van der Waals surface area (Å²) in [6.07, 6.45) is 1.51. The number of piperazine rings is 1. The molecule has 0 atom stereocenters. The van der Waals surface area contributed by atoms with Crippen LogP contribution in [0.3, 0.4) is 0 Å². The highest BCUT2D eigenvalue weighted by atomic mass is 35.5. The van der Waals surface area contributed by atoms with E-state index in [-0.39, 0.29) is 18.3 Å². The Morgan fingerprint density at radius 1 is 1.29 bits per heavy atom. The fraction of sp³-hybridized carbons (Fsp3) is 0.562. The number of amides is 1. The van der Waals surface area contributed by atoms with E-state index in [1.54, 1.807) is 0 Å². The number of halogens is 1. The number of nitrogens with one attached hydrogen (secondary N) is 2. The summed E-state index contributed by atoms with van der Waals surface area (Å²) in [7, 11) is 0. The van der Waals surface area contributed by atoms with Crippen molar-refractivity contribution in [1.29, 1.82) is 0 Å². The van der Waals surface area contributed by atoms with Crippen molar-refractivity contribution in [3.05, 3.63) is 35.4 Å². The lowest BCUT2D eigenvalue weighted by Gasteiger charge is -2.27. The largest absolute Gasteiger partial charge is 0.356 e. The molecule has 2 N–H and O–H groups in total. The van der Waals surface area contributed by atoms with Gasteiger partial charge < -0.3 is 15.5 Å². The van der Waals surface area contributed by atoms with Gasteiger partial charge in [0.25, 0.3) is 0 Å². The topological polar surface area (TPSA) is 44.4 Å². The Kier molecular flexibility index (Phi) is 8.35. The third-order valence-corrected chi connectivity index (χ3v) is 3.80. The van der Waals surface area contributed by atoms with Gasteiger partial charge in [0.1, 0.15) is 0 Å². The van der Waals surface area contributed by atoms with Gasteiger partial charge in [-0.15, -0.1) is 12.4 Å². The summed E-state index contributed by atoms with van der Waals surface area (Å²) < 4.78 is 0. The van der Waals surface area contributed by atoms with Crippen molar-refractivity contribution in [2.24, 2.45) is 0 Å². The second-order valence-corrected chi connectivity index (χ2v) is 5.40. The van der Waals surface area contributed by atoms with E-state index in [0.717, 1.165) is 51.3 Å². The summed E-state index contributed by atoms with van der Waals surface area (Å²) in [4.78, 5) is 14.3. The van der Waals surface area contributed by atoms with Gasteiger partial charge in [0, 0.05) is 32.7 Å². The first-order valence-electron chi connectivity index (χ1n) is 7.50. The minimum atomic E-state index is 0. The third kappa shape index (κ3) is 6.46. The number of hydrogen-bond acceptors (Lipinski definition) is 3. The number of carbonyl (C=O) groups excluding carboxylic acids is 1. The van der Waals surface area contributed by atoms with Crippen molar-refractivity contribution >= 4 is 18.3 Å². The quantitative estimate of drug-likeness (QED) is 0.780. The van der Waals surface area contributed by atoms with Gasteiger partial charge in [0.2, 0.25) is 5.91 Å². The molecule has 1 amide bonds. The first-order valence-corrected chi connectivity index (χ1v) is 7.50. The Morgan fingerprint density at radius 3 is 2.71 bits per heavy atom. The molecule has 0 unspecified atom stereocenters. The van der Waals surface area contributed by atoms with Gasteiger partial charge in [-0.25, -0.2) is 0 Å². The van der Waals surface area contributed by atoms with E-state index in [9.17, 15) is 4.79 Å². The lowest BCUT2D eigenvalue weighted by atomic mass is 10.1. The molecule has 0 aliphatic carbocycles. The third-order valence-electron chi connectivity index (χ3n) is 3.80. The van der Waals surface area contributed by atoms with E-state index < -0.39 is 0 Å². The number of aryl methyl sites for hydroxylation is 1. The van der Waals surface area contributed by atoms with Crippen LogP contribution in [-0.4, -0.2) is 50.1 Å². The number of carbonyl (C=O) groups is 1. The Hall–Kier alpha value is -1.10. The Bertz CT molecular complexity index is 433. The molecule has 1 aromatic carbocycles. The lowest BCUT2D eigenvalue weighted by Crippen LogP contribution is -2.44. The number of rotatable bonds is 6. The maximum atomic E-state index is 11.9. The van der Waals surface area contributed by atoms with Crippen LogP contribution < -0.4 is 10.6 Å². The molecular weight excluding hydrogens is 286 g/mol. The maximum Gasteiger partial charge on any atom is 0.224 e. The summed E-state index contributed by atoms with van der Waals surface area (Å²) in [6.45, 7) is 8.31. The second-order valence-electron chi connectivity index (χ2n) is 5.40. The Morgan fingerprint density at radius 2 is 2.00 bits per heavy atom. The second kappa shape index (κ2) is 9.77. The molecular formula is C16H26ClN3O. The molecule has 1 saturated heterocycles.